The highest BCUT2D eigenvalue weighted by Crippen LogP contribution is 2.36. The van der Waals surface area contributed by atoms with Crippen LogP contribution in [0.25, 0.3) is 11.4 Å². The number of imidazole rings is 1. The lowest BCUT2D eigenvalue weighted by Gasteiger charge is -2.11. The molecule has 8 nitrogen and oxygen atoms in total. The van der Waals surface area contributed by atoms with Crippen molar-refractivity contribution in [1.29, 1.82) is 0 Å². The molecule has 3 heterocycles. The molecule has 0 saturated heterocycles. The van der Waals surface area contributed by atoms with Gasteiger partial charge in [0.2, 0.25) is 11.7 Å². The first-order chi connectivity index (χ1) is 13.4. The molecule has 1 aliphatic heterocycles. The number of nitrogens with zero attached hydrogens (tertiary/aromatic N) is 4. The second-order valence-corrected chi connectivity index (χ2v) is 6.84. The maximum atomic E-state index is 11.1. The highest BCUT2D eigenvalue weighted by Gasteiger charge is 2.27. The van der Waals surface area contributed by atoms with Gasteiger partial charge in [-0.1, -0.05) is 28.6 Å². The van der Waals surface area contributed by atoms with E-state index in [1.165, 1.54) is 6.92 Å². The van der Waals surface area contributed by atoms with Crippen LogP contribution >= 0.6 is 11.6 Å². The van der Waals surface area contributed by atoms with E-state index in [0.29, 0.717) is 58.7 Å². The van der Waals surface area contributed by atoms with Gasteiger partial charge in [0.15, 0.2) is 11.9 Å². The molecular weight excluding hydrogens is 384 g/mol. The van der Waals surface area contributed by atoms with Gasteiger partial charge in [0.25, 0.3) is 0 Å². The van der Waals surface area contributed by atoms with Gasteiger partial charge in [0, 0.05) is 24.8 Å². The van der Waals surface area contributed by atoms with E-state index >= 15 is 0 Å². The Morgan fingerprint density at radius 2 is 2.21 bits per heavy atom. The lowest BCUT2D eigenvalue weighted by molar-refractivity contribution is 0.108. The van der Waals surface area contributed by atoms with Gasteiger partial charge in [-0.3, -0.25) is 4.79 Å². The molecule has 0 radical (unpaired) electrons. The number of carbonyl (C=O) groups excluding carboxylic acids is 1. The Balaban J connectivity index is 1.78. The SMILES string of the molecule is Cc1nc(C(C)(O)C#Cc2cc3c(cc2Cl)OCCn2cc(C=O)nc2-3)no1. The van der Waals surface area contributed by atoms with E-state index in [4.69, 9.17) is 20.9 Å². The van der Waals surface area contributed by atoms with E-state index in [1.807, 2.05) is 4.57 Å². The molecule has 3 aromatic rings. The van der Waals surface area contributed by atoms with Crippen LogP contribution in [0.1, 0.15) is 34.7 Å². The highest BCUT2D eigenvalue weighted by atomic mass is 35.5. The maximum absolute atomic E-state index is 11.1. The minimum absolute atomic E-state index is 0.0675. The summed E-state index contributed by atoms with van der Waals surface area (Å²) in [7, 11) is 0. The second kappa shape index (κ2) is 6.78. The van der Waals surface area contributed by atoms with Crippen molar-refractivity contribution >= 4 is 17.9 Å². The lowest BCUT2D eigenvalue weighted by atomic mass is 10.0. The number of aliphatic hydroxyl groups is 1. The molecule has 1 aliphatic rings. The molecule has 1 unspecified atom stereocenters. The van der Waals surface area contributed by atoms with Crippen LogP contribution in [0.5, 0.6) is 5.75 Å². The van der Waals surface area contributed by atoms with Crippen LogP contribution in [0, 0.1) is 18.8 Å². The van der Waals surface area contributed by atoms with Crippen molar-refractivity contribution in [2.45, 2.75) is 26.0 Å². The van der Waals surface area contributed by atoms with Gasteiger partial charge in [-0.15, -0.1) is 0 Å². The third kappa shape index (κ3) is 3.26. The summed E-state index contributed by atoms with van der Waals surface area (Å²) in [5.74, 6) is 7.13. The zero-order valence-electron chi connectivity index (χ0n) is 15.1. The van der Waals surface area contributed by atoms with Crippen LogP contribution in [-0.4, -0.2) is 37.7 Å². The normalized spacial score (nSPS) is 14.6. The summed E-state index contributed by atoms with van der Waals surface area (Å²) in [6.45, 7) is 4.06. The minimum Gasteiger partial charge on any atom is -0.491 e. The van der Waals surface area contributed by atoms with Crippen molar-refractivity contribution in [3.8, 4) is 29.0 Å². The Morgan fingerprint density at radius 3 is 2.93 bits per heavy atom. The molecule has 0 fully saturated rings. The third-order valence-corrected chi connectivity index (χ3v) is 4.53. The summed E-state index contributed by atoms with van der Waals surface area (Å²) >= 11 is 6.36. The van der Waals surface area contributed by atoms with Crippen molar-refractivity contribution in [2.24, 2.45) is 0 Å². The Bertz CT molecular complexity index is 1140. The molecule has 0 aliphatic carbocycles. The van der Waals surface area contributed by atoms with Crippen molar-refractivity contribution in [3.05, 3.63) is 46.3 Å². The standard InChI is InChI=1S/C19H15ClN4O4/c1-11-21-18(23-28-11)19(2,26)4-3-12-7-14-16(8-15(12)20)27-6-5-24-9-13(10-25)22-17(14)24/h7-10,26H,5-6H2,1-2H3. The smallest absolute Gasteiger partial charge is 0.223 e. The van der Waals surface area contributed by atoms with Gasteiger partial charge in [-0.25, -0.2) is 4.98 Å². The zero-order chi connectivity index (χ0) is 19.9. The first-order valence-electron chi connectivity index (χ1n) is 8.43. The molecule has 142 valence electrons. The molecule has 9 heteroatoms. The second-order valence-electron chi connectivity index (χ2n) is 6.44. The Labute approximate surface area is 165 Å². The molecule has 0 bridgehead atoms. The van der Waals surface area contributed by atoms with E-state index < -0.39 is 5.60 Å². The predicted octanol–water partition coefficient (Wildman–Crippen LogP) is 2.36. The average molecular weight is 399 g/mol. The topological polar surface area (TPSA) is 103 Å². The summed E-state index contributed by atoms with van der Waals surface area (Å²) in [4.78, 5) is 19.4. The van der Waals surface area contributed by atoms with E-state index in [2.05, 4.69) is 27.0 Å². The van der Waals surface area contributed by atoms with Crippen molar-refractivity contribution in [3.63, 3.8) is 0 Å². The molecule has 1 N–H and O–H groups in total. The van der Waals surface area contributed by atoms with Crippen LogP contribution in [0.2, 0.25) is 5.02 Å². The largest absolute Gasteiger partial charge is 0.491 e. The monoisotopic (exact) mass is 398 g/mol. The van der Waals surface area contributed by atoms with Gasteiger partial charge in [0.05, 0.1) is 17.1 Å². The fourth-order valence-corrected chi connectivity index (χ4v) is 3.02. The van der Waals surface area contributed by atoms with Gasteiger partial charge in [-0.05, 0) is 13.0 Å². The third-order valence-electron chi connectivity index (χ3n) is 4.22. The molecule has 28 heavy (non-hydrogen) atoms. The Hall–Kier alpha value is -3.15. The highest BCUT2D eigenvalue weighted by molar-refractivity contribution is 6.32. The summed E-state index contributed by atoms with van der Waals surface area (Å²) in [6, 6.07) is 3.37. The number of halogens is 1. The first kappa shape index (κ1) is 18.2. The zero-order valence-corrected chi connectivity index (χ0v) is 15.8. The lowest BCUT2D eigenvalue weighted by Crippen LogP contribution is -2.20. The van der Waals surface area contributed by atoms with E-state index in [-0.39, 0.29) is 5.82 Å². The van der Waals surface area contributed by atoms with Crippen LogP contribution in [0.4, 0.5) is 0 Å². The number of carbonyl (C=O) groups is 1. The first-order valence-corrected chi connectivity index (χ1v) is 8.80. The van der Waals surface area contributed by atoms with E-state index in [1.54, 1.807) is 25.3 Å². The molecule has 0 spiro atoms. The van der Waals surface area contributed by atoms with E-state index in [0.717, 1.165) is 0 Å². The molecular formula is C19H15ClN4O4. The number of ether oxygens (including phenoxy) is 1. The van der Waals surface area contributed by atoms with Crippen molar-refractivity contribution < 1.29 is 19.2 Å². The van der Waals surface area contributed by atoms with E-state index in [9.17, 15) is 9.90 Å². The fourth-order valence-electron chi connectivity index (χ4n) is 2.82. The van der Waals surface area contributed by atoms with Gasteiger partial charge in [-0.2, -0.15) is 4.98 Å². The van der Waals surface area contributed by atoms with Crippen LogP contribution in [0.3, 0.4) is 0 Å². The van der Waals surface area contributed by atoms with Gasteiger partial charge in [0.1, 0.15) is 23.9 Å². The maximum Gasteiger partial charge on any atom is 0.223 e. The summed E-state index contributed by atoms with van der Waals surface area (Å²) in [5.41, 5.74) is -0.156. The Kier molecular flexibility index (Phi) is 4.41. The molecule has 1 aromatic carbocycles. The number of aryl methyl sites for hydroxylation is 1. The molecule has 0 amide bonds. The number of aromatic nitrogens is 4. The van der Waals surface area contributed by atoms with Crippen LogP contribution in [0.15, 0.2) is 22.9 Å². The van der Waals surface area contributed by atoms with Gasteiger partial charge < -0.3 is 18.9 Å². The minimum atomic E-state index is -1.62. The van der Waals surface area contributed by atoms with Crippen LogP contribution < -0.4 is 4.74 Å². The predicted molar refractivity (Wildman–Crippen MR) is 99.0 cm³/mol. The van der Waals surface area contributed by atoms with Crippen molar-refractivity contribution in [2.75, 3.05) is 6.61 Å². The quantitative estimate of drug-likeness (QED) is 0.522. The molecule has 4 rings (SSSR count). The molecule has 2 aromatic heterocycles. The number of aldehydes is 1. The number of fused-ring (bicyclic) bond motifs is 3. The molecule has 1 atom stereocenters. The summed E-state index contributed by atoms with van der Waals surface area (Å²) in [5, 5.41) is 14.6. The van der Waals surface area contributed by atoms with Crippen LogP contribution in [-0.2, 0) is 12.1 Å². The molecule has 0 saturated carbocycles. The summed E-state index contributed by atoms with van der Waals surface area (Å²) in [6.07, 6.45) is 2.37. The summed E-state index contributed by atoms with van der Waals surface area (Å²) < 4.78 is 12.5. The average Bonchev–Trinajstić information content (AvgIpc) is 3.24. The number of benzene rings is 1. The number of rotatable bonds is 2. The fraction of sp³-hybridized carbons (Fsp3) is 0.263. The van der Waals surface area contributed by atoms with Gasteiger partial charge >= 0.3 is 0 Å². The number of hydrogen-bond donors (Lipinski definition) is 1. The van der Waals surface area contributed by atoms with Crippen molar-refractivity contribution in [1.82, 2.24) is 19.7 Å². The Morgan fingerprint density at radius 1 is 1.39 bits per heavy atom. The number of hydrogen-bond acceptors (Lipinski definition) is 7.